The Labute approximate surface area is 136 Å². The third kappa shape index (κ3) is 8.02. The summed E-state index contributed by atoms with van der Waals surface area (Å²) in [6.45, 7) is -0.105. The standard InChI is InChI=1S/C11H14F3N3O4S.ClH/c12-11(13,14)21-8-1-3-9(4-2-8)22(19,20)17-7-10(18)16-6-5-15;/h1-4,17H,5-7,15H2,(H,16,18);1H. The Hall–Kier alpha value is -1.56. The smallest absolute Gasteiger partial charge is 0.406 e. The van der Waals surface area contributed by atoms with Crippen LogP contribution in [0, 0.1) is 0 Å². The predicted octanol–water partition coefficient (Wildman–Crippen LogP) is 0.360. The molecular weight excluding hydrogens is 363 g/mol. The molecule has 23 heavy (non-hydrogen) atoms. The lowest BCUT2D eigenvalue weighted by Crippen LogP contribution is -2.38. The fourth-order valence-corrected chi connectivity index (χ4v) is 2.32. The van der Waals surface area contributed by atoms with Crippen LogP contribution in [0.1, 0.15) is 0 Å². The van der Waals surface area contributed by atoms with E-state index in [1.807, 2.05) is 4.72 Å². The first-order chi connectivity index (χ1) is 10.1. The zero-order valence-electron chi connectivity index (χ0n) is 11.6. The summed E-state index contributed by atoms with van der Waals surface area (Å²) in [5.41, 5.74) is 5.16. The number of nitrogens with two attached hydrogens (primary N) is 1. The molecule has 0 aromatic heterocycles. The number of benzene rings is 1. The van der Waals surface area contributed by atoms with E-state index in [1.165, 1.54) is 0 Å². The molecule has 0 heterocycles. The number of rotatable bonds is 7. The highest BCUT2D eigenvalue weighted by molar-refractivity contribution is 7.89. The largest absolute Gasteiger partial charge is 0.573 e. The van der Waals surface area contributed by atoms with Crippen molar-refractivity contribution in [1.29, 1.82) is 0 Å². The Balaban J connectivity index is 0.00000484. The van der Waals surface area contributed by atoms with Gasteiger partial charge in [0.1, 0.15) is 5.75 Å². The van der Waals surface area contributed by atoms with Gasteiger partial charge in [0.15, 0.2) is 0 Å². The molecule has 7 nitrogen and oxygen atoms in total. The van der Waals surface area contributed by atoms with E-state index in [4.69, 9.17) is 5.73 Å². The van der Waals surface area contributed by atoms with Crippen LogP contribution in [-0.2, 0) is 14.8 Å². The molecule has 0 fully saturated rings. The average Bonchev–Trinajstić information content (AvgIpc) is 2.42. The number of hydrogen-bond donors (Lipinski definition) is 3. The number of sulfonamides is 1. The van der Waals surface area contributed by atoms with Gasteiger partial charge in [0.25, 0.3) is 0 Å². The fraction of sp³-hybridized carbons (Fsp3) is 0.364. The van der Waals surface area contributed by atoms with Gasteiger partial charge in [0.2, 0.25) is 15.9 Å². The second-order valence-electron chi connectivity index (χ2n) is 3.98. The SMILES string of the molecule is Cl.NCCNC(=O)CNS(=O)(=O)c1ccc(OC(F)(F)F)cc1. The lowest BCUT2D eigenvalue weighted by molar-refractivity contribution is -0.274. The maximum Gasteiger partial charge on any atom is 0.573 e. The third-order valence-corrected chi connectivity index (χ3v) is 3.67. The summed E-state index contributed by atoms with van der Waals surface area (Å²) < 4.78 is 65.2. The quantitative estimate of drug-likeness (QED) is 0.635. The van der Waals surface area contributed by atoms with Crippen molar-refractivity contribution in [3.63, 3.8) is 0 Å². The lowest BCUT2D eigenvalue weighted by Gasteiger charge is -2.10. The van der Waals surface area contributed by atoms with Crippen molar-refractivity contribution in [3.8, 4) is 5.75 Å². The number of hydrogen-bond acceptors (Lipinski definition) is 5. The summed E-state index contributed by atoms with van der Waals surface area (Å²) in [5.74, 6) is -1.13. The first kappa shape index (κ1) is 21.4. The first-order valence-electron chi connectivity index (χ1n) is 5.96. The average molecular weight is 378 g/mol. The Kier molecular flexibility index (Phi) is 8.31. The number of halogens is 4. The molecule has 0 bridgehead atoms. The van der Waals surface area contributed by atoms with E-state index >= 15 is 0 Å². The van der Waals surface area contributed by atoms with E-state index in [9.17, 15) is 26.4 Å². The van der Waals surface area contributed by atoms with Crippen molar-refractivity contribution >= 4 is 28.3 Å². The van der Waals surface area contributed by atoms with Gasteiger partial charge in [0, 0.05) is 13.1 Å². The number of carbonyl (C=O) groups is 1. The fourth-order valence-electron chi connectivity index (χ4n) is 1.34. The van der Waals surface area contributed by atoms with Gasteiger partial charge in [-0.15, -0.1) is 25.6 Å². The molecule has 0 saturated carbocycles. The second kappa shape index (κ2) is 8.91. The van der Waals surface area contributed by atoms with Crippen molar-refractivity contribution in [1.82, 2.24) is 10.0 Å². The minimum Gasteiger partial charge on any atom is -0.406 e. The molecule has 0 spiro atoms. The van der Waals surface area contributed by atoms with E-state index in [0.29, 0.717) is 0 Å². The molecule has 0 unspecified atom stereocenters. The highest BCUT2D eigenvalue weighted by Gasteiger charge is 2.31. The Bertz CT molecular complexity index is 608. The van der Waals surface area contributed by atoms with E-state index in [0.717, 1.165) is 24.3 Å². The van der Waals surface area contributed by atoms with E-state index in [2.05, 4.69) is 10.1 Å². The normalized spacial score (nSPS) is 11.5. The van der Waals surface area contributed by atoms with Crippen molar-refractivity contribution in [2.24, 2.45) is 5.73 Å². The molecule has 0 saturated heterocycles. The molecule has 132 valence electrons. The molecule has 1 aromatic rings. The lowest BCUT2D eigenvalue weighted by atomic mass is 10.3. The molecule has 0 aliphatic carbocycles. The molecule has 1 amide bonds. The van der Waals surface area contributed by atoms with Gasteiger partial charge in [-0.3, -0.25) is 4.79 Å². The predicted molar refractivity (Wildman–Crippen MR) is 77.6 cm³/mol. The monoisotopic (exact) mass is 377 g/mol. The van der Waals surface area contributed by atoms with Crippen LogP contribution >= 0.6 is 12.4 Å². The molecular formula is C11H15ClF3N3O4S. The number of alkyl halides is 3. The van der Waals surface area contributed by atoms with Gasteiger partial charge in [-0.2, -0.15) is 0 Å². The number of amides is 1. The molecule has 0 aliphatic rings. The van der Waals surface area contributed by atoms with Crippen LogP contribution in [-0.4, -0.2) is 40.3 Å². The molecule has 0 atom stereocenters. The summed E-state index contributed by atoms with van der Waals surface area (Å²) in [5, 5.41) is 2.36. The van der Waals surface area contributed by atoms with Gasteiger partial charge in [-0.05, 0) is 24.3 Å². The van der Waals surface area contributed by atoms with Crippen molar-refractivity contribution in [3.05, 3.63) is 24.3 Å². The van der Waals surface area contributed by atoms with Gasteiger partial charge < -0.3 is 15.8 Å². The van der Waals surface area contributed by atoms with Crippen LogP contribution in [0.4, 0.5) is 13.2 Å². The topological polar surface area (TPSA) is 111 Å². The Morgan fingerprint density at radius 1 is 1.22 bits per heavy atom. The van der Waals surface area contributed by atoms with Crippen LogP contribution in [0.2, 0.25) is 0 Å². The molecule has 12 heteroatoms. The second-order valence-corrected chi connectivity index (χ2v) is 5.75. The van der Waals surface area contributed by atoms with Crippen molar-refractivity contribution in [2.75, 3.05) is 19.6 Å². The zero-order valence-corrected chi connectivity index (χ0v) is 13.2. The third-order valence-electron chi connectivity index (χ3n) is 2.26. The molecule has 1 rings (SSSR count). The number of ether oxygens (including phenoxy) is 1. The molecule has 0 radical (unpaired) electrons. The molecule has 0 aliphatic heterocycles. The van der Waals surface area contributed by atoms with Crippen molar-refractivity contribution in [2.45, 2.75) is 11.3 Å². The minimum absolute atomic E-state index is 0. The van der Waals surface area contributed by atoms with E-state index in [-0.39, 0.29) is 30.4 Å². The Morgan fingerprint density at radius 2 is 1.78 bits per heavy atom. The van der Waals surface area contributed by atoms with E-state index in [1.54, 1.807) is 0 Å². The minimum atomic E-state index is -4.86. The maximum atomic E-state index is 12.0. The van der Waals surface area contributed by atoms with Crippen LogP contribution < -0.4 is 20.5 Å². The summed E-state index contributed by atoms with van der Waals surface area (Å²) in [4.78, 5) is 11.0. The maximum absolute atomic E-state index is 12.0. The van der Waals surface area contributed by atoms with Crippen LogP contribution in [0.3, 0.4) is 0 Å². The van der Waals surface area contributed by atoms with Crippen LogP contribution in [0.25, 0.3) is 0 Å². The van der Waals surface area contributed by atoms with Gasteiger partial charge in [0.05, 0.1) is 11.4 Å². The van der Waals surface area contributed by atoms with Gasteiger partial charge >= 0.3 is 6.36 Å². The van der Waals surface area contributed by atoms with Gasteiger partial charge in [-0.25, -0.2) is 13.1 Å². The Morgan fingerprint density at radius 3 is 2.26 bits per heavy atom. The van der Waals surface area contributed by atoms with E-state index < -0.39 is 34.6 Å². The van der Waals surface area contributed by atoms with Gasteiger partial charge in [-0.1, -0.05) is 0 Å². The summed E-state index contributed by atoms with van der Waals surface area (Å²) >= 11 is 0. The number of nitrogens with one attached hydrogen (secondary N) is 2. The van der Waals surface area contributed by atoms with Crippen molar-refractivity contribution < 1.29 is 31.1 Å². The molecule has 4 N–H and O–H groups in total. The summed E-state index contributed by atoms with van der Waals surface area (Å²) in [7, 11) is -4.02. The first-order valence-corrected chi connectivity index (χ1v) is 7.44. The highest BCUT2D eigenvalue weighted by Crippen LogP contribution is 2.23. The number of carbonyl (C=O) groups excluding carboxylic acids is 1. The van der Waals surface area contributed by atoms with Crippen LogP contribution in [0.15, 0.2) is 29.2 Å². The summed E-state index contributed by atoms with van der Waals surface area (Å²) in [6, 6.07) is 3.58. The zero-order chi connectivity index (χ0) is 16.8. The summed E-state index contributed by atoms with van der Waals surface area (Å²) in [6.07, 6.45) is -4.86. The highest BCUT2D eigenvalue weighted by atomic mass is 35.5. The van der Waals surface area contributed by atoms with Crippen LogP contribution in [0.5, 0.6) is 5.75 Å². The molecule has 1 aromatic carbocycles.